The van der Waals surface area contributed by atoms with Crippen molar-refractivity contribution in [2.45, 2.75) is 52.5 Å². The van der Waals surface area contributed by atoms with Crippen molar-refractivity contribution in [1.29, 1.82) is 0 Å². The van der Waals surface area contributed by atoms with Gasteiger partial charge in [-0.15, -0.1) is 11.3 Å². The highest BCUT2D eigenvalue weighted by Crippen LogP contribution is 2.26. The fraction of sp³-hybridized carbons (Fsp3) is 0.529. The Labute approximate surface area is 131 Å². The topological polar surface area (TPSA) is 37.8 Å². The number of rotatable bonds is 5. The van der Waals surface area contributed by atoms with Gasteiger partial charge in [-0.1, -0.05) is 27.7 Å². The van der Waals surface area contributed by atoms with Crippen LogP contribution in [-0.4, -0.2) is 16.5 Å². The minimum absolute atomic E-state index is 0.121. The Morgan fingerprint density at radius 1 is 1.33 bits per heavy atom. The summed E-state index contributed by atoms with van der Waals surface area (Å²) in [6.07, 6.45) is 2.81. The molecule has 114 valence electrons. The van der Waals surface area contributed by atoms with Crippen LogP contribution in [0.4, 0.5) is 0 Å². The third kappa shape index (κ3) is 4.35. The number of nitrogens with one attached hydrogen (secondary N) is 1. The number of aryl methyl sites for hydroxylation is 1. The molecule has 2 heterocycles. The van der Waals surface area contributed by atoms with E-state index in [4.69, 9.17) is 4.98 Å². The first-order chi connectivity index (χ1) is 9.90. The highest BCUT2D eigenvalue weighted by Gasteiger charge is 2.19. The van der Waals surface area contributed by atoms with E-state index in [1.54, 1.807) is 11.3 Å². The molecule has 1 atom stereocenters. The molecule has 4 heteroatoms. The first-order valence-electron chi connectivity index (χ1n) is 7.51. The van der Waals surface area contributed by atoms with E-state index in [2.05, 4.69) is 55.5 Å². The molecule has 0 aliphatic heterocycles. The lowest BCUT2D eigenvalue weighted by atomic mass is 9.93. The van der Waals surface area contributed by atoms with Gasteiger partial charge in [-0.05, 0) is 31.2 Å². The first-order valence-corrected chi connectivity index (χ1v) is 8.39. The van der Waals surface area contributed by atoms with Gasteiger partial charge in [-0.3, -0.25) is 4.98 Å². The van der Waals surface area contributed by atoms with Crippen LogP contribution in [0.5, 0.6) is 0 Å². The zero-order chi connectivity index (χ0) is 15.5. The number of pyridine rings is 1. The summed E-state index contributed by atoms with van der Waals surface area (Å²) in [6.45, 7) is 11.8. The van der Waals surface area contributed by atoms with Crippen LogP contribution in [0.25, 0.3) is 0 Å². The molecule has 3 nitrogen and oxygen atoms in total. The molecule has 1 unspecified atom stereocenters. The predicted molar refractivity (Wildman–Crippen MR) is 89.9 cm³/mol. The van der Waals surface area contributed by atoms with E-state index in [-0.39, 0.29) is 5.41 Å². The molecule has 0 saturated carbocycles. The normalized spacial score (nSPS) is 13.4. The van der Waals surface area contributed by atoms with E-state index in [0.29, 0.717) is 6.04 Å². The Kier molecular flexibility index (Phi) is 5.12. The van der Waals surface area contributed by atoms with Crippen molar-refractivity contribution in [3.63, 3.8) is 0 Å². The molecular weight excluding hydrogens is 278 g/mol. The van der Waals surface area contributed by atoms with Crippen molar-refractivity contribution in [3.05, 3.63) is 45.7 Å². The van der Waals surface area contributed by atoms with Crippen molar-refractivity contribution >= 4 is 11.3 Å². The molecule has 1 N–H and O–H groups in total. The van der Waals surface area contributed by atoms with Gasteiger partial charge >= 0.3 is 0 Å². The molecule has 0 fully saturated rings. The number of thiazole rings is 1. The molecule has 0 spiro atoms. The maximum absolute atomic E-state index is 4.81. The average molecular weight is 303 g/mol. The zero-order valence-corrected chi connectivity index (χ0v) is 14.4. The Bertz CT molecular complexity index is 584. The van der Waals surface area contributed by atoms with Crippen molar-refractivity contribution in [2.75, 3.05) is 6.54 Å². The summed E-state index contributed by atoms with van der Waals surface area (Å²) in [7, 11) is 0. The van der Waals surface area contributed by atoms with Gasteiger partial charge in [0, 0.05) is 35.1 Å². The van der Waals surface area contributed by atoms with E-state index in [1.165, 1.54) is 16.3 Å². The SMILES string of the molecule is CCNC(Cc1nc(C(C)(C)C)cs1)c1ccnc(C)c1. The van der Waals surface area contributed by atoms with Crippen LogP contribution in [0.2, 0.25) is 0 Å². The van der Waals surface area contributed by atoms with Crippen LogP contribution in [-0.2, 0) is 11.8 Å². The number of hydrogen-bond acceptors (Lipinski definition) is 4. The van der Waals surface area contributed by atoms with E-state index in [0.717, 1.165) is 18.7 Å². The number of aromatic nitrogens is 2. The Morgan fingerprint density at radius 2 is 2.10 bits per heavy atom. The number of hydrogen-bond donors (Lipinski definition) is 1. The second-order valence-corrected chi connectivity index (χ2v) is 7.36. The summed E-state index contributed by atoms with van der Waals surface area (Å²) in [5.41, 5.74) is 3.65. The Hall–Kier alpha value is -1.26. The Balaban J connectivity index is 2.18. The van der Waals surface area contributed by atoms with Gasteiger partial charge in [0.25, 0.3) is 0 Å². The summed E-state index contributed by atoms with van der Waals surface area (Å²) in [5.74, 6) is 0. The fourth-order valence-corrected chi connectivity index (χ4v) is 3.33. The molecule has 2 rings (SSSR count). The van der Waals surface area contributed by atoms with Crippen LogP contribution in [0.3, 0.4) is 0 Å². The molecule has 0 bridgehead atoms. The van der Waals surface area contributed by atoms with Crippen LogP contribution in [0.15, 0.2) is 23.7 Å². The van der Waals surface area contributed by atoms with Crippen molar-refractivity contribution in [1.82, 2.24) is 15.3 Å². The van der Waals surface area contributed by atoms with Crippen LogP contribution in [0.1, 0.15) is 55.7 Å². The van der Waals surface area contributed by atoms with Gasteiger partial charge in [-0.2, -0.15) is 0 Å². The summed E-state index contributed by atoms with van der Waals surface area (Å²) in [4.78, 5) is 9.10. The van der Waals surface area contributed by atoms with E-state index in [9.17, 15) is 0 Å². The Morgan fingerprint density at radius 3 is 2.67 bits per heavy atom. The molecule has 0 saturated heterocycles. The van der Waals surface area contributed by atoms with Crippen molar-refractivity contribution in [3.8, 4) is 0 Å². The lowest BCUT2D eigenvalue weighted by Crippen LogP contribution is -2.23. The van der Waals surface area contributed by atoms with E-state index in [1.807, 2.05) is 13.1 Å². The third-order valence-corrected chi connectivity index (χ3v) is 4.34. The van der Waals surface area contributed by atoms with Crippen molar-refractivity contribution in [2.24, 2.45) is 0 Å². The van der Waals surface area contributed by atoms with Crippen molar-refractivity contribution < 1.29 is 0 Å². The quantitative estimate of drug-likeness (QED) is 0.906. The largest absolute Gasteiger partial charge is 0.310 e. The van der Waals surface area contributed by atoms with Gasteiger partial charge < -0.3 is 5.32 Å². The average Bonchev–Trinajstić information content (AvgIpc) is 2.87. The van der Waals surface area contributed by atoms with Crippen LogP contribution < -0.4 is 5.32 Å². The number of nitrogens with zero attached hydrogens (tertiary/aromatic N) is 2. The third-order valence-electron chi connectivity index (χ3n) is 3.47. The predicted octanol–water partition coefficient (Wildman–Crippen LogP) is 4.04. The maximum atomic E-state index is 4.81. The second kappa shape index (κ2) is 6.67. The van der Waals surface area contributed by atoms with E-state index >= 15 is 0 Å². The minimum atomic E-state index is 0.121. The molecular formula is C17H25N3S. The molecule has 0 aromatic carbocycles. The highest BCUT2D eigenvalue weighted by molar-refractivity contribution is 7.09. The monoisotopic (exact) mass is 303 g/mol. The van der Waals surface area contributed by atoms with Crippen LogP contribution in [0, 0.1) is 6.92 Å². The van der Waals surface area contributed by atoms with Gasteiger partial charge in [0.1, 0.15) is 0 Å². The summed E-state index contributed by atoms with van der Waals surface area (Å²) < 4.78 is 0. The number of likely N-dealkylation sites (N-methyl/N-ethyl adjacent to an activating group) is 1. The summed E-state index contributed by atoms with van der Waals surface area (Å²) in [5, 5.41) is 6.95. The smallest absolute Gasteiger partial charge is 0.0947 e. The molecule has 0 aliphatic carbocycles. The second-order valence-electron chi connectivity index (χ2n) is 6.42. The molecule has 21 heavy (non-hydrogen) atoms. The summed E-state index contributed by atoms with van der Waals surface area (Å²) in [6, 6.07) is 4.56. The highest BCUT2D eigenvalue weighted by atomic mass is 32.1. The molecule has 0 amide bonds. The lowest BCUT2D eigenvalue weighted by molar-refractivity contribution is 0.539. The maximum Gasteiger partial charge on any atom is 0.0947 e. The standard InChI is InChI=1S/C17H25N3S/c1-6-18-14(13-7-8-19-12(2)9-13)10-16-20-15(11-21-16)17(3,4)5/h7-9,11,14,18H,6,10H2,1-5H3. The first kappa shape index (κ1) is 16.1. The molecule has 0 radical (unpaired) electrons. The zero-order valence-electron chi connectivity index (χ0n) is 13.6. The molecule has 0 aliphatic rings. The fourth-order valence-electron chi connectivity index (χ4n) is 2.26. The molecule has 2 aromatic heterocycles. The molecule has 2 aromatic rings. The van der Waals surface area contributed by atoms with Gasteiger partial charge in [0.05, 0.1) is 10.7 Å². The van der Waals surface area contributed by atoms with Gasteiger partial charge in [0.15, 0.2) is 0 Å². The van der Waals surface area contributed by atoms with Gasteiger partial charge in [0.2, 0.25) is 0 Å². The van der Waals surface area contributed by atoms with Gasteiger partial charge in [-0.25, -0.2) is 4.98 Å². The lowest BCUT2D eigenvalue weighted by Gasteiger charge is -2.18. The van der Waals surface area contributed by atoms with Crippen LogP contribution >= 0.6 is 11.3 Å². The van der Waals surface area contributed by atoms with E-state index < -0.39 is 0 Å². The minimum Gasteiger partial charge on any atom is -0.310 e. The summed E-state index contributed by atoms with van der Waals surface area (Å²) >= 11 is 1.76.